The average Bonchev–Trinajstić information content (AvgIpc) is 3.25. The van der Waals surface area contributed by atoms with Crippen molar-refractivity contribution in [1.29, 1.82) is 0 Å². The zero-order chi connectivity index (χ0) is 25.9. The molecule has 6 nitrogen and oxygen atoms in total. The van der Waals surface area contributed by atoms with E-state index in [2.05, 4.69) is 5.32 Å². The lowest BCUT2D eigenvalue weighted by atomic mass is 9.82. The molecule has 0 aliphatic heterocycles. The zero-order valence-electron chi connectivity index (χ0n) is 21.2. The molecule has 2 saturated carbocycles. The molecule has 1 amide bonds. The number of benzene rings is 2. The van der Waals surface area contributed by atoms with Crippen LogP contribution in [0.3, 0.4) is 0 Å². The fourth-order valence-corrected chi connectivity index (χ4v) is 6.10. The van der Waals surface area contributed by atoms with Crippen LogP contribution in [0.4, 0.5) is 8.78 Å². The topological polar surface area (TPSA) is 76.4 Å². The summed E-state index contributed by atoms with van der Waals surface area (Å²) in [6.07, 6.45) is 6.68. The van der Waals surface area contributed by atoms with E-state index in [1.165, 1.54) is 0 Å². The molecule has 0 saturated heterocycles. The fourth-order valence-electron chi connectivity index (χ4n) is 6.10. The lowest BCUT2D eigenvalue weighted by molar-refractivity contribution is -0.127. The van der Waals surface area contributed by atoms with Gasteiger partial charge in [0.15, 0.2) is 11.6 Å². The molecule has 2 unspecified atom stereocenters. The molecule has 5 rings (SSSR count). The normalized spacial score (nSPS) is 22.6. The number of aliphatic hydroxyl groups excluding tert-OH is 1. The molecule has 8 heteroatoms. The van der Waals surface area contributed by atoms with E-state index in [0.717, 1.165) is 49.8 Å². The highest BCUT2D eigenvalue weighted by Gasteiger charge is 2.37. The molecule has 0 bridgehead atoms. The van der Waals surface area contributed by atoms with Gasteiger partial charge < -0.3 is 19.7 Å². The van der Waals surface area contributed by atoms with Crippen LogP contribution in [0.15, 0.2) is 42.5 Å². The monoisotopic (exact) mass is 511 g/mol. The van der Waals surface area contributed by atoms with Crippen molar-refractivity contribution in [3.8, 4) is 0 Å². The Hall–Kier alpha value is -2.84. The highest BCUT2D eigenvalue weighted by molar-refractivity contribution is 5.85. The second-order valence-electron chi connectivity index (χ2n) is 10.5. The standard InChI is InChI=1S/C29H35F2N3O3/c1-37-27(19-10-6-3-7-11-19)28-33-24-16-22(30)23(31)17-25(24)34(28)26(18-8-4-2-5-9-18)29(36)32-20-12-14-21(35)15-13-20/h3,6-7,10-11,16-18,20-21,26-27,35H,2,4-5,8-9,12-15H2,1H3,(H,32,36). The number of hydrogen-bond acceptors (Lipinski definition) is 4. The molecular formula is C29H35F2N3O3. The number of amides is 1. The summed E-state index contributed by atoms with van der Waals surface area (Å²) in [4.78, 5) is 18.8. The van der Waals surface area contributed by atoms with Crippen LogP contribution < -0.4 is 5.32 Å². The lowest BCUT2D eigenvalue weighted by Crippen LogP contribution is -2.45. The number of halogens is 2. The van der Waals surface area contributed by atoms with Crippen molar-refractivity contribution in [2.24, 2.45) is 5.92 Å². The van der Waals surface area contributed by atoms with E-state index in [0.29, 0.717) is 42.5 Å². The van der Waals surface area contributed by atoms with Crippen molar-refractivity contribution >= 4 is 16.9 Å². The number of nitrogens with one attached hydrogen (secondary N) is 1. The SMILES string of the molecule is COC(c1ccccc1)c1nc2cc(F)c(F)cc2n1C(C(=O)NC1CCC(O)CC1)C1CCCCC1. The van der Waals surface area contributed by atoms with Gasteiger partial charge in [-0.3, -0.25) is 4.79 Å². The van der Waals surface area contributed by atoms with Crippen molar-refractivity contribution in [2.45, 2.75) is 82.1 Å². The van der Waals surface area contributed by atoms with Crippen LogP contribution in [0.25, 0.3) is 11.0 Å². The molecule has 2 atom stereocenters. The van der Waals surface area contributed by atoms with Crippen molar-refractivity contribution < 1.29 is 23.4 Å². The number of hydrogen-bond donors (Lipinski definition) is 2. The van der Waals surface area contributed by atoms with Crippen molar-refractivity contribution in [2.75, 3.05) is 7.11 Å². The Bertz CT molecular complexity index is 1220. The first kappa shape index (κ1) is 25.8. The summed E-state index contributed by atoms with van der Waals surface area (Å²) < 4.78 is 36.6. The number of carbonyl (C=O) groups excluding carboxylic acids is 1. The predicted molar refractivity (Wildman–Crippen MR) is 137 cm³/mol. The van der Waals surface area contributed by atoms with Gasteiger partial charge in [0.05, 0.1) is 17.1 Å². The Kier molecular flexibility index (Phi) is 7.86. The number of carbonyl (C=O) groups is 1. The van der Waals surface area contributed by atoms with Crippen LogP contribution in [-0.4, -0.2) is 39.8 Å². The third kappa shape index (κ3) is 5.41. The van der Waals surface area contributed by atoms with Gasteiger partial charge in [0.25, 0.3) is 0 Å². The fraction of sp³-hybridized carbons (Fsp3) is 0.517. The van der Waals surface area contributed by atoms with Crippen LogP contribution in [0.5, 0.6) is 0 Å². The summed E-state index contributed by atoms with van der Waals surface area (Å²) in [6.45, 7) is 0. The van der Waals surface area contributed by atoms with E-state index in [-0.39, 0.29) is 24.0 Å². The Morgan fingerprint density at radius 2 is 1.70 bits per heavy atom. The molecule has 3 aromatic rings. The van der Waals surface area contributed by atoms with Crippen molar-refractivity contribution in [3.63, 3.8) is 0 Å². The van der Waals surface area contributed by atoms with Gasteiger partial charge in [-0.1, -0.05) is 49.6 Å². The van der Waals surface area contributed by atoms with Crippen LogP contribution in [0.2, 0.25) is 0 Å². The smallest absolute Gasteiger partial charge is 0.243 e. The van der Waals surface area contributed by atoms with E-state index >= 15 is 0 Å². The highest BCUT2D eigenvalue weighted by atomic mass is 19.2. The second kappa shape index (κ2) is 11.3. The minimum absolute atomic E-state index is 0.0262. The molecule has 2 aromatic carbocycles. The van der Waals surface area contributed by atoms with Crippen LogP contribution in [0, 0.1) is 17.6 Å². The zero-order valence-corrected chi connectivity index (χ0v) is 21.2. The maximum Gasteiger partial charge on any atom is 0.243 e. The number of aliphatic hydroxyl groups is 1. The van der Waals surface area contributed by atoms with E-state index in [4.69, 9.17) is 9.72 Å². The van der Waals surface area contributed by atoms with Gasteiger partial charge in [-0.2, -0.15) is 0 Å². The molecular weight excluding hydrogens is 476 g/mol. The largest absolute Gasteiger partial charge is 0.393 e. The highest BCUT2D eigenvalue weighted by Crippen LogP contribution is 2.39. The third-order valence-corrected chi connectivity index (χ3v) is 8.02. The van der Waals surface area contributed by atoms with Gasteiger partial charge in [0, 0.05) is 25.3 Å². The van der Waals surface area contributed by atoms with Gasteiger partial charge in [-0.05, 0) is 50.0 Å². The summed E-state index contributed by atoms with van der Waals surface area (Å²) >= 11 is 0. The summed E-state index contributed by atoms with van der Waals surface area (Å²) in [5, 5.41) is 13.2. The molecule has 198 valence electrons. The first-order valence-electron chi connectivity index (χ1n) is 13.4. The molecule has 2 aliphatic rings. The Labute approximate surface area is 216 Å². The van der Waals surface area contributed by atoms with Crippen LogP contribution in [-0.2, 0) is 9.53 Å². The maximum absolute atomic E-state index is 14.6. The summed E-state index contributed by atoms with van der Waals surface area (Å²) in [7, 11) is 1.57. The number of rotatable bonds is 7. The van der Waals surface area contributed by atoms with E-state index in [1.54, 1.807) is 7.11 Å². The van der Waals surface area contributed by atoms with Gasteiger partial charge in [0.2, 0.25) is 5.91 Å². The summed E-state index contributed by atoms with van der Waals surface area (Å²) in [5.41, 5.74) is 1.52. The number of ether oxygens (including phenoxy) is 1. The first-order valence-corrected chi connectivity index (χ1v) is 13.4. The quantitative estimate of drug-likeness (QED) is 0.434. The number of fused-ring (bicyclic) bond motifs is 1. The molecule has 37 heavy (non-hydrogen) atoms. The molecule has 1 aromatic heterocycles. The van der Waals surface area contributed by atoms with Gasteiger partial charge in [0.1, 0.15) is 18.0 Å². The summed E-state index contributed by atoms with van der Waals surface area (Å²) in [5.74, 6) is -1.60. The first-order chi connectivity index (χ1) is 18.0. The number of imidazole rings is 1. The number of methoxy groups -OCH3 is 1. The molecule has 0 spiro atoms. The van der Waals surface area contributed by atoms with Crippen molar-refractivity contribution in [3.05, 3.63) is 65.5 Å². The predicted octanol–water partition coefficient (Wildman–Crippen LogP) is 5.59. The van der Waals surface area contributed by atoms with Crippen molar-refractivity contribution in [1.82, 2.24) is 14.9 Å². The Balaban J connectivity index is 1.64. The second-order valence-corrected chi connectivity index (χ2v) is 10.5. The van der Waals surface area contributed by atoms with Crippen LogP contribution >= 0.6 is 0 Å². The molecule has 2 fully saturated rings. The van der Waals surface area contributed by atoms with Gasteiger partial charge >= 0.3 is 0 Å². The minimum Gasteiger partial charge on any atom is -0.393 e. The van der Waals surface area contributed by atoms with E-state index in [1.807, 2.05) is 34.9 Å². The van der Waals surface area contributed by atoms with Gasteiger partial charge in [-0.25, -0.2) is 13.8 Å². The number of aromatic nitrogens is 2. The van der Waals surface area contributed by atoms with Crippen LogP contribution in [0.1, 0.15) is 81.3 Å². The van der Waals surface area contributed by atoms with E-state index < -0.39 is 23.8 Å². The molecule has 1 heterocycles. The Morgan fingerprint density at radius 1 is 1.03 bits per heavy atom. The Morgan fingerprint density at radius 3 is 2.38 bits per heavy atom. The van der Waals surface area contributed by atoms with E-state index in [9.17, 15) is 18.7 Å². The summed E-state index contributed by atoms with van der Waals surface area (Å²) in [6, 6.07) is 11.1. The molecule has 2 aliphatic carbocycles. The lowest BCUT2D eigenvalue weighted by Gasteiger charge is -2.35. The van der Waals surface area contributed by atoms with Gasteiger partial charge in [-0.15, -0.1) is 0 Å². The maximum atomic E-state index is 14.6. The molecule has 0 radical (unpaired) electrons. The minimum atomic E-state index is -0.975. The molecule has 2 N–H and O–H groups in total. The third-order valence-electron chi connectivity index (χ3n) is 8.02. The average molecular weight is 512 g/mol. The number of nitrogens with zero attached hydrogens (tertiary/aromatic N) is 2.